The van der Waals surface area contributed by atoms with Crippen molar-refractivity contribution in [2.45, 2.75) is 19.6 Å². The predicted octanol–water partition coefficient (Wildman–Crippen LogP) is 2.61. The Labute approximate surface area is 99.7 Å². The maximum atomic E-state index is 10.5. The summed E-state index contributed by atoms with van der Waals surface area (Å²) in [5.41, 5.74) is 2.77. The van der Waals surface area contributed by atoms with Crippen molar-refractivity contribution in [3.8, 4) is 0 Å². The van der Waals surface area contributed by atoms with E-state index in [0.29, 0.717) is 5.76 Å². The van der Waals surface area contributed by atoms with Gasteiger partial charge in [0.2, 0.25) is 0 Å². The Morgan fingerprint density at radius 3 is 2.41 bits per heavy atom. The topological polar surface area (TPSA) is 33.5 Å². The number of fused-ring (bicyclic) bond motifs is 1. The molecule has 0 aliphatic carbocycles. The summed E-state index contributed by atoms with van der Waals surface area (Å²) in [6.45, 7) is 2.66. The molecule has 0 bridgehead atoms. The highest BCUT2D eigenvalue weighted by molar-refractivity contribution is 5.70. The van der Waals surface area contributed by atoms with Crippen LogP contribution in [0.2, 0.25) is 0 Å². The van der Waals surface area contributed by atoms with E-state index < -0.39 is 0 Å². The van der Waals surface area contributed by atoms with Crippen LogP contribution in [-0.2, 0) is 19.6 Å². The van der Waals surface area contributed by atoms with Crippen molar-refractivity contribution in [1.82, 2.24) is 4.90 Å². The highest BCUT2D eigenvalue weighted by Crippen LogP contribution is 2.24. The van der Waals surface area contributed by atoms with Gasteiger partial charge < -0.3 is 4.42 Å². The van der Waals surface area contributed by atoms with Crippen LogP contribution in [0.15, 0.2) is 40.8 Å². The van der Waals surface area contributed by atoms with Gasteiger partial charge >= 0.3 is 0 Å². The van der Waals surface area contributed by atoms with Crippen LogP contribution in [0.5, 0.6) is 0 Å². The molecule has 0 radical (unpaired) electrons. The van der Waals surface area contributed by atoms with E-state index >= 15 is 0 Å². The van der Waals surface area contributed by atoms with Gasteiger partial charge in [0, 0.05) is 13.1 Å². The normalized spacial score (nSPS) is 14.8. The van der Waals surface area contributed by atoms with Crippen LogP contribution in [0.25, 0.3) is 0 Å². The Morgan fingerprint density at radius 2 is 1.82 bits per heavy atom. The molecule has 0 atom stereocenters. The van der Waals surface area contributed by atoms with Crippen LogP contribution in [0.3, 0.4) is 0 Å². The minimum atomic E-state index is 0.400. The number of carbonyl (C=O) groups excluding carboxylic acids is 1. The zero-order valence-electron chi connectivity index (χ0n) is 9.43. The van der Waals surface area contributed by atoms with Gasteiger partial charge in [-0.2, -0.15) is 0 Å². The first kappa shape index (κ1) is 10.3. The van der Waals surface area contributed by atoms with Gasteiger partial charge in [-0.05, 0) is 23.3 Å². The average Bonchev–Trinajstić information content (AvgIpc) is 2.94. The highest BCUT2D eigenvalue weighted by atomic mass is 16.3. The van der Waals surface area contributed by atoms with Gasteiger partial charge in [0.05, 0.1) is 6.54 Å². The molecule has 3 rings (SSSR count). The molecule has 3 heteroatoms. The second-order valence-electron chi connectivity index (χ2n) is 4.34. The molecule has 1 aliphatic heterocycles. The fourth-order valence-corrected chi connectivity index (χ4v) is 2.28. The van der Waals surface area contributed by atoms with Crippen molar-refractivity contribution in [3.05, 3.63) is 59.0 Å². The lowest BCUT2D eigenvalue weighted by Crippen LogP contribution is -2.15. The number of aldehydes is 1. The maximum Gasteiger partial charge on any atom is 0.185 e. The molecule has 17 heavy (non-hydrogen) atoms. The van der Waals surface area contributed by atoms with Gasteiger partial charge in [0.25, 0.3) is 0 Å². The van der Waals surface area contributed by atoms with Gasteiger partial charge in [-0.25, -0.2) is 0 Å². The van der Waals surface area contributed by atoms with E-state index in [4.69, 9.17) is 4.42 Å². The van der Waals surface area contributed by atoms with Crippen LogP contribution >= 0.6 is 0 Å². The van der Waals surface area contributed by atoms with Crippen molar-refractivity contribution >= 4 is 6.29 Å². The molecule has 0 fully saturated rings. The maximum absolute atomic E-state index is 10.5. The van der Waals surface area contributed by atoms with Gasteiger partial charge in [-0.3, -0.25) is 9.69 Å². The fourth-order valence-electron chi connectivity index (χ4n) is 2.28. The Bertz CT molecular complexity index is 520. The van der Waals surface area contributed by atoms with Crippen LogP contribution in [0.1, 0.15) is 27.4 Å². The summed E-state index contributed by atoms with van der Waals surface area (Å²) in [5, 5.41) is 0. The molecule has 86 valence electrons. The van der Waals surface area contributed by atoms with E-state index in [2.05, 4.69) is 29.2 Å². The molecular weight excluding hydrogens is 214 g/mol. The lowest BCUT2D eigenvalue weighted by atomic mass is 10.1. The molecule has 1 aromatic heterocycles. The molecule has 1 aliphatic rings. The first-order chi connectivity index (χ1) is 8.35. The number of nitrogens with zero attached hydrogens (tertiary/aromatic N) is 1. The van der Waals surface area contributed by atoms with E-state index in [0.717, 1.165) is 31.7 Å². The SMILES string of the molecule is O=Cc1ccc(CN2Cc3ccccc3C2)o1. The van der Waals surface area contributed by atoms with Crippen LogP contribution in [0.4, 0.5) is 0 Å². The smallest absolute Gasteiger partial charge is 0.185 e. The van der Waals surface area contributed by atoms with E-state index in [1.807, 2.05) is 6.07 Å². The van der Waals surface area contributed by atoms with Crippen LogP contribution < -0.4 is 0 Å². The minimum Gasteiger partial charge on any atom is -0.457 e. The van der Waals surface area contributed by atoms with E-state index in [1.54, 1.807) is 6.07 Å². The molecule has 0 amide bonds. The lowest BCUT2D eigenvalue weighted by Gasteiger charge is -2.12. The van der Waals surface area contributed by atoms with E-state index in [9.17, 15) is 4.79 Å². The standard InChI is InChI=1S/C14H13NO2/c16-10-14-6-5-13(17-14)9-15-7-11-3-1-2-4-12(11)8-15/h1-6,10H,7-9H2. The number of benzene rings is 1. The van der Waals surface area contributed by atoms with Crippen LogP contribution in [0, 0.1) is 0 Å². The Balaban J connectivity index is 1.71. The summed E-state index contributed by atoms with van der Waals surface area (Å²) in [6.07, 6.45) is 0.738. The van der Waals surface area contributed by atoms with Crippen molar-refractivity contribution in [3.63, 3.8) is 0 Å². The monoisotopic (exact) mass is 227 g/mol. The third kappa shape index (κ3) is 2.01. The second kappa shape index (κ2) is 4.18. The summed E-state index contributed by atoms with van der Waals surface area (Å²) in [4.78, 5) is 12.8. The first-order valence-corrected chi connectivity index (χ1v) is 5.68. The Morgan fingerprint density at radius 1 is 1.12 bits per heavy atom. The minimum absolute atomic E-state index is 0.400. The number of rotatable bonds is 3. The third-order valence-electron chi connectivity index (χ3n) is 3.08. The van der Waals surface area contributed by atoms with Gasteiger partial charge in [-0.15, -0.1) is 0 Å². The molecule has 3 nitrogen and oxygen atoms in total. The number of hydrogen-bond acceptors (Lipinski definition) is 3. The zero-order chi connectivity index (χ0) is 11.7. The first-order valence-electron chi connectivity index (χ1n) is 5.68. The molecule has 0 saturated carbocycles. The quantitative estimate of drug-likeness (QED) is 0.756. The van der Waals surface area contributed by atoms with Crippen molar-refractivity contribution < 1.29 is 9.21 Å². The molecular formula is C14H13NO2. The average molecular weight is 227 g/mol. The third-order valence-corrected chi connectivity index (χ3v) is 3.08. The molecule has 1 aromatic carbocycles. The summed E-state index contributed by atoms with van der Waals surface area (Å²) in [6, 6.07) is 12.0. The van der Waals surface area contributed by atoms with Crippen molar-refractivity contribution in [2.75, 3.05) is 0 Å². The summed E-state index contributed by atoms with van der Waals surface area (Å²) in [5.74, 6) is 1.25. The largest absolute Gasteiger partial charge is 0.457 e. The zero-order valence-corrected chi connectivity index (χ0v) is 9.43. The molecule has 2 aromatic rings. The van der Waals surface area contributed by atoms with E-state index in [1.165, 1.54) is 11.1 Å². The number of furan rings is 1. The molecule has 0 unspecified atom stereocenters. The predicted molar refractivity (Wildman–Crippen MR) is 63.5 cm³/mol. The van der Waals surface area contributed by atoms with Gasteiger partial charge in [0.1, 0.15) is 5.76 Å². The number of carbonyl (C=O) groups is 1. The van der Waals surface area contributed by atoms with Crippen LogP contribution in [-0.4, -0.2) is 11.2 Å². The lowest BCUT2D eigenvalue weighted by molar-refractivity contribution is 0.109. The van der Waals surface area contributed by atoms with E-state index in [-0.39, 0.29) is 0 Å². The summed E-state index contributed by atoms with van der Waals surface area (Å²) >= 11 is 0. The molecule has 2 heterocycles. The molecule has 0 saturated heterocycles. The summed E-state index contributed by atoms with van der Waals surface area (Å²) in [7, 11) is 0. The molecule has 0 N–H and O–H groups in total. The van der Waals surface area contributed by atoms with Crippen molar-refractivity contribution in [2.24, 2.45) is 0 Å². The molecule has 0 spiro atoms. The van der Waals surface area contributed by atoms with Gasteiger partial charge in [0.15, 0.2) is 12.0 Å². The Kier molecular flexibility index (Phi) is 2.53. The summed E-state index contributed by atoms with van der Waals surface area (Å²) < 4.78 is 5.38. The Hall–Kier alpha value is -1.87. The highest BCUT2D eigenvalue weighted by Gasteiger charge is 2.19. The second-order valence-corrected chi connectivity index (χ2v) is 4.34. The fraction of sp³-hybridized carbons (Fsp3) is 0.214. The van der Waals surface area contributed by atoms with Gasteiger partial charge in [-0.1, -0.05) is 24.3 Å². The number of hydrogen-bond donors (Lipinski definition) is 0. The van der Waals surface area contributed by atoms with Crippen molar-refractivity contribution in [1.29, 1.82) is 0 Å².